The maximum absolute atomic E-state index is 12.0. The minimum absolute atomic E-state index is 0.122. The van der Waals surface area contributed by atoms with Gasteiger partial charge in [0.25, 0.3) is 5.91 Å². The van der Waals surface area contributed by atoms with E-state index in [0.29, 0.717) is 30.2 Å². The molecule has 1 rings (SSSR count). The number of carbonyl (C=O) groups excluding carboxylic acids is 1. The molecule has 0 radical (unpaired) electrons. The van der Waals surface area contributed by atoms with Crippen molar-refractivity contribution in [3.63, 3.8) is 0 Å². The minimum Gasteiger partial charge on any atom is -0.492 e. The van der Waals surface area contributed by atoms with E-state index >= 15 is 0 Å². The first-order valence-corrected chi connectivity index (χ1v) is 6.42. The fourth-order valence-corrected chi connectivity index (χ4v) is 1.50. The number of likely N-dealkylation sites (N-methyl/N-ethyl adjacent to an activating group) is 1. The number of rotatable bonds is 6. The second-order valence-corrected chi connectivity index (χ2v) is 4.71. The summed E-state index contributed by atoms with van der Waals surface area (Å²) in [7, 11) is 3.96. The van der Waals surface area contributed by atoms with Crippen molar-refractivity contribution in [2.45, 2.75) is 19.9 Å². The van der Waals surface area contributed by atoms with Crippen LogP contribution in [0.25, 0.3) is 0 Å². The number of nitrogen functional groups attached to an aromatic ring is 1. The smallest absolute Gasteiger partial charge is 0.251 e. The Bertz CT molecular complexity index is 433. The van der Waals surface area contributed by atoms with Gasteiger partial charge in [0.05, 0.1) is 12.3 Å². The van der Waals surface area contributed by atoms with Crippen LogP contribution in [0.15, 0.2) is 18.2 Å². The Labute approximate surface area is 114 Å². The Morgan fingerprint density at radius 1 is 1.47 bits per heavy atom. The van der Waals surface area contributed by atoms with E-state index in [0.717, 1.165) is 0 Å². The number of hydrogen-bond donors (Lipinski definition) is 2. The number of nitrogens with two attached hydrogens (primary N) is 1. The number of nitrogens with one attached hydrogen (secondary N) is 1. The average molecular weight is 265 g/mol. The minimum atomic E-state index is -0.122. The summed E-state index contributed by atoms with van der Waals surface area (Å²) in [6.07, 6.45) is 0. The zero-order valence-corrected chi connectivity index (χ0v) is 12.1. The summed E-state index contributed by atoms with van der Waals surface area (Å²) in [6, 6.07) is 5.37. The maximum atomic E-state index is 12.0. The molecule has 1 unspecified atom stereocenters. The van der Waals surface area contributed by atoms with Crippen molar-refractivity contribution in [2.75, 3.05) is 33.0 Å². The van der Waals surface area contributed by atoms with E-state index < -0.39 is 0 Å². The molecule has 19 heavy (non-hydrogen) atoms. The lowest BCUT2D eigenvalue weighted by Gasteiger charge is -2.20. The largest absolute Gasteiger partial charge is 0.492 e. The Morgan fingerprint density at radius 3 is 2.68 bits per heavy atom. The first-order valence-electron chi connectivity index (χ1n) is 6.42. The van der Waals surface area contributed by atoms with Gasteiger partial charge in [-0.3, -0.25) is 4.79 Å². The van der Waals surface area contributed by atoms with Gasteiger partial charge in [-0.25, -0.2) is 0 Å². The van der Waals surface area contributed by atoms with Crippen LogP contribution in [0.4, 0.5) is 5.69 Å². The van der Waals surface area contributed by atoms with Gasteiger partial charge in [0.1, 0.15) is 5.75 Å². The highest BCUT2D eigenvalue weighted by Crippen LogP contribution is 2.22. The van der Waals surface area contributed by atoms with Gasteiger partial charge in [-0.15, -0.1) is 0 Å². The van der Waals surface area contributed by atoms with E-state index in [2.05, 4.69) is 5.32 Å². The molecule has 0 heterocycles. The molecule has 106 valence electrons. The fourth-order valence-electron chi connectivity index (χ4n) is 1.50. The van der Waals surface area contributed by atoms with Crippen LogP contribution >= 0.6 is 0 Å². The standard InChI is InChI=1S/C14H23N3O2/c1-5-19-13-7-6-11(8-12(13)15)14(18)16-9-10(2)17(3)4/h6-8,10H,5,9,15H2,1-4H3,(H,16,18). The maximum Gasteiger partial charge on any atom is 0.251 e. The van der Waals surface area contributed by atoms with E-state index in [1.807, 2.05) is 32.8 Å². The molecule has 5 nitrogen and oxygen atoms in total. The van der Waals surface area contributed by atoms with E-state index in [1.165, 1.54) is 0 Å². The summed E-state index contributed by atoms with van der Waals surface area (Å²) in [4.78, 5) is 14.0. The number of hydrogen-bond acceptors (Lipinski definition) is 4. The summed E-state index contributed by atoms with van der Waals surface area (Å²) in [5.74, 6) is 0.490. The molecule has 0 fully saturated rings. The molecule has 0 saturated carbocycles. The molecule has 1 amide bonds. The Balaban J connectivity index is 2.65. The number of benzene rings is 1. The highest BCUT2D eigenvalue weighted by atomic mass is 16.5. The van der Waals surface area contributed by atoms with Crippen molar-refractivity contribution < 1.29 is 9.53 Å². The predicted octanol–water partition coefficient (Wildman–Crippen LogP) is 1.35. The third-order valence-corrected chi connectivity index (χ3v) is 3.01. The second kappa shape index (κ2) is 6.99. The summed E-state index contributed by atoms with van der Waals surface area (Å²) < 4.78 is 5.34. The van der Waals surface area contributed by atoms with E-state index in [9.17, 15) is 4.79 Å². The third-order valence-electron chi connectivity index (χ3n) is 3.01. The van der Waals surface area contributed by atoms with Gasteiger partial charge < -0.3 is 20.7 Å². The van der Waals surface area contributed by atoms with Crippen molar-refractivity contribution >= 4 is 11.6 Å². The van der Waals surface area contributed by atoms with E-state index in [4.69, 9.17) is 10.5 Å². The molecule has 3 N–H and O–H groups in total. The van der Waals surface area contributed by atoms with E-state index in [-0.39, 0.29) is 11.9 Å². The van der Waals surface area contributed by atoms with Crippen molar-refractivity contribution in [1.29, 1.82) is 0 Å². The van der Waals surface area contributed by atoms with Crippen LogP contribution in [-0.4, -0.2) is 44.1 Å². The van der Waals surface area contributed by atoms with Crippen LogP contribution in [0, 0.1) is 0 Å². The average Bonchev–Trinajstić information content (AvgIpc) is 2.37. The molecule has 0 spiro atoms. The number of anilines is 1. The number of carbonyl (C=O) groups is 1. The van der Waals surface area contributed by atoms with Crippen LogP contribution < -0.4 is 15.8 Å². The molecular formula is C14H23N3O2. The summed E-state index contributed by atoms with van der Waals surface area (Å²) >= 11 is 0. The lowest BCUT2D eigenvalue weighted by molar-refractivity contribution is 0.0943. The normalized spacial score (nSPS) is 12.3. The Kier molecular flexibility index (Phi) is 5.63. The lowest BCUT2D eigenvalue weighted by Crippen LogP contribution is -2.38. The van der Waals surface area contributed by atoms with Gasteiger partial charge in [-0.1, -0.05) is 0 Å². The van der Waals surface area contributed by atoms with Crippen LogP contribution in [0.2, 0.25) is 0 Å². The Morgan fingerprint density at radius 2 is 2.16 bits per heavy atom. The fraction of sp³-hybridized carbons (Fsp3) is 0.500. The molecule has 0 aliphatic heterocycles. The summed E-state index contributed by atoms with van der Waals surface area (Å²) in [5.41, 5.74) is 6.87. The van der Waals surface area contributed by atoms with Crippen LogP contribution in [0.1, 0.15) is 24.2 Å². The van der Waals surface area contributed by atoms with Crippen molar-refractivity contribution in [3.8, 4) is 5.75 Å². The topological polar surface area (TPSA) is 67.6 Å². The van der Waals surface area contributed by atoms with Crippen molar-refractivity contribution in [3.05, 3.63) is 23.8 Å². The van der Waals surface area contributed by atoms with Crippen LogP contribution in [0.3, 0.4) is 0 Å². The van der Waals surface area contributed by atoms with Crippen molar-refractivity contribution in [1.82, 2.24) is 10.2 Å². The quantitative estimate of drug-likeness (QED) is 0.762. The molecular weight excluding hydrogens is 242 g/mol. The Hall–Kier alpha value is -1.75. The van der Waals surface area contributed by atoms with Gasteiger partial charge in [0.2, 0.25) is 0 Å². The number of nitrogens with zero attached hydrogens (tertiary/aromatic N) is 1. The van der Waals surface area contributed by atoms with Crippen LogP contribution in [0.5, 0.6) is 5.75 Å². The van der Waals surface area contributed by atoms with Crippen LogP contribution in [-0.2, 0) is 0 Å². The highest BCUT2D eigenvalue weighted by Gasteiger charge is 2.11. The van der Waals surface area contributed by atoms with Gasteiger partial charge in [0.15, 0.2) is 0 Å². The molecule has 0 aliphatic carbocycles. The number of ether oxygens (including phenoxy) is 1. The highest BCUT2D eigenvalue weighted by molar-refractivity contribution is 5.95. The molecule has 1 aromatic rings. The second-order valence-electron chi connectivity index (χ2n) is 4.71. The molecule has 0 aliphatic rings. The zero-order chi connectivity index (χ0) is 14.4. The van der Waals surface area contributed by atoms with Gasteiger partial charge in [-0.05, 0) is 46.1 Å². The van der Waals surface area contributed by atoms with Gasteiger partial charge in [0, 0.05) is 18.2 Å². The first-order chi connectivity index (χ1) is 8.95. The monoisotopic (exact) mass is 265 g/mol. The SMILES string of the molecule is CCOc1ccc(C(=O)NCC(C)N(C)C)cc1N. The summed E-state index contributed by atoms with van der Waals surface area (Å²) in [6.45, 7) is 5.09. The van der Waals surface area contributed by atoms with Gasteiger partial charge >= 0.3 is 0 Å². The molecule has 5 heteroatoms. The molecule has 1 aromatic carbocycles. The predicted molar refractivity (Wildman–Crippen MR) is 77.5 cm³/mol. The first kappa shape index (κ1) is 15.3. The number of amides is 1. The molecule has 1 atom stereocenters. The molecule has 0 aromatic heterocycles. The lowest BCUT2D eigenvalue weighted by atomic mass is 10.1. The van der Waals surface area contributed by atoms with Crippen molar-refractivity contribution in [2.24, 2.45) is 0 Å². The van der Waals surface area contributed by atoms with E-state index in [1.54, 1.807) is 18.2 Å². The third kappa shape index (κ3) is 4.44. The molecule has 0 bridgehead atoms. The molecule has 0 saturated heterocycles. The summed E-state index contributed by atoms with van der Waals surface area (Å²) in [5, 5.41) is 2.88. The zero-order valence-electron chi connectivity index (χ0n) is 12.1. The van der Waals surface area contributed by atoms with Gasteiger partial charge in [-0.2, -0.15) is 0 Å².